The summed E-state index contributed by atoms with van der Waals surface area (Å²) in [6.45, 7) is 0.950. The summed E-state index contributed by atoms with van der Waals surface area (Å²) in [4.78, 5) is 12.1. The lowest BCUT2D eigenvalue weighted by atomic mass is 10.0. The van der Waals surface area contributed by atoms with Crippen LogP contribution in [0.25, 0.3) is 0 Å². The maximum absolute atomic E-state index is 12.1. The Labute approximate surface area is 102 Å². The van der Waals surface area contributed by atoms with Gasteiger partial charge in [0, 0.05) is 6.42 Å². The highest BCUT2D eigenvalue weighted by Crippen LogP contribution is 2.14. The number of carbonyl (C=O) groups excluding carboxylic acids is 1. The van der Waals surface area contributed by atoms with E-state index in [2.05, 4.69) is 5.32 Å². The van der Waals surface area contributed by atoms with E-state index in [1.54, 1.807) is 12.1 Å². The maximum Gasteiger partial charge on any atom is 0.154 e. The van der Waals surface area contributed by atoms with Crippen molar-refractivity contribution in [1.82, 2.24) is 5.32 Å². The molecule has 1 aliphatic heterocycles. The number of ketones is 1. The molecule has 0 amide bonds. The van der Waals surface area contributed by atoms with Crippen molar-refractivity contribution in [3.63, 3.8) is 0 Å². The molecule has 0 bridgehead atoms. The minimum Gasteiger partial charge on any atom is -0.508 e. The van der Waals surface area contributed by atoms with Crippen molar-refractivity contribution in [2.24, 2.45) is 0 Å². The van der Waals surface area contributed by atoms with E-state index in [0.717, 1.165) is 24.9 Å². The number of benzene rings is 1. The minimum absolute atomic E-state index is 0.0197. The van der Waals surface area contributed by atoms with E-state index < -0.39 is 0 Å². The number of hydrogen-bond donors (Lipinski definition) is 2. The van der Waals surface area contributed by atoms with E-state index in [1.807, 2.05) is 12.1 Å². The van der Waals surface area contributed by atoms with Crippen LogP contribution in [0.15, 0.2) is 24.3 Å². The zero-order valence-electron chi connectivity index (χ0n) is 9.98. The zero-order chi connectivity index (χ0) is 12.1. The molecule has 92 valence electrons. The van der Waals surface area contributed by atoms with Gasteiger partial charge in [-0.1, -0.05) is 25.0 Å². The molecule has 3 nitrogen and oxygen atoms in total. The van der Waals surface area contributed by atoms with Crippen molar-refractivity contribution < 1.29 is 9.90 Å². The van der Waals surface area contributed by atoms with Crippen molar-refractivity contribution in [1.29, 1.82) is 0 Å². The number of rotatable bonds is 3. The Hall–Kier alpha value is -1.35. The summed E-state index contributed by atoms with van der Waals surface area (Å²) < 4.78 is 0. The van der Waals surface area contributed by atoms with Gasteiger partial charge in [0.05, 0.1) is 6.04 Å². The van der Waals surface area contributed by atoms with Gasteiger partial charge in [-0.05, 0) is 37.1 Å². The molecule has 2 rings (SSSR count). The number of Topliss-reactive ketones (excluding diaryl/α,β-unsaturated/α-hetero) is 1. The molecule has 0 spiro atoms. The molecule has 1 heterocycles. The Kier molecular flexibility index (Phi) is 4.15. The molecule has 3 heteroatoms. The highest BCUT2D eigenvalue weighted by Gasteiger charge is 2.19. The van der Waals surface area contributed by atoms with E-state index in [9.17, 15) is 9.90 Å². The molecular formula is C14H19NO2. The lowest BCUT2D eigenvalue weighted by Crippen LogP contribution is -2.36. The summed E-state index contributed by atoms with van der Waals surface area (Å²) in [6.07, 6.45) is 4.94. The Morgan fingerprint density at radius 2 is 2.00 bits per heavy atom. The molecule has 2 N–H and O–H groups in total. The monoisotopic (exact) mass is 233 g/mol. The van der Waals surface area contributed by atoms with Crippen molar-refractivity contribution in [3.8, 4) is 5.75 Å². The Morgan fingerprint density at radius 3 is 2.76 bits per heavy atom. The number of phenolic OH excluding ortho intramolecular Hbond substituents is 1. The molecule has 1 unspecified atom stereocenters. The molecule has 0 aromatic heterocycles. The van der Waals surface area contributed by atoms with Crippen molar-refractivity contribution in [2.75, 3.05) is 6.54 Å². The lowest BCUT2D eigenvalue weighted by molar-refractivity contribution is -0.120. The van der Waals surface area contributed by atoms with Gasteiger partial charge < -0.3 is 10.4 Å². The van der Waals surface area contributed by atoms with Gasteiger partial charge in [0.25, 0.3) is 0 Å². The maximum atomic E-state index is 12.1. The normalized spacial score (nSPS) is 20.8. The van der Waals surface area contributed by atoms with Gasteiger partial charge in [-0.25, -0.2) is 0 Å². The molecule has 1 aromatic rings. The predicted molar refractivity (Wildman–Crippen MR) is 67.1 cm³/mol. The van der Waals surface area contributed by atoms with Gasteiger partial charge in [0.2, 0.25) is 0 Å². The molecular weight excluding hydrogens is 214 g/mol. The fraction of sp³-hybridized carbons (Fsp3) is 0.500. The Balaban J connectivity index is 1.93. The largest absolute Gasteiger partial charge is 0.508 e. The first-order chi connectivity index (χ1) is 8.25. The SMILES string of the molecule is O=C(Cc1ccc(O)cc1)C1CCCCCN1. The van der Waals surface area contributed by atoms with E-state index in [-0.39, 0.29) is 17.6 Å². The molecule has 1 atom stereocenters. The molecule has 17 heavy (non-hydrogen) atoms. The smallest absolute Gasteiger partial charge is 0.154 e. The Bertz CT molecular complexity index is 364. The number of nitrogens with one attached hydrogen (secondary N) is 1. The number of carbonyl (C=O) groups is 1. The standard InChI is InChI=1S/C14H19NO2/c16-12-7-5-11(6-8-12)10-14(17)13-4-2-1-3-9-15-13/h5-8,13,15-16H,1-4,9-10H2. The predicted octanol–water partition coefficient (Wildman–Crippen LogP) is 2.04. The highest BCUT2D eigenvalue weighted by atomic mass is 16.3. The second-order valence-electron chi connectivity index (χ2n) is 4.67. The van der Waals surface area contributed by atoms with Crippen LogP contribution < -0.4 is 5.32 Å². The van der Waals surface area contributed by atoms with E-state index in [1.165, 1.54) is 12.8 Å². The van der Waals surface area contributed by atoms with Crippen LogP contribution in [0.3, 0.4) is 0 Å². The average Bonchev–Trinajstić information content (AvgIpc) is 2.61. The van der Waals surface area contributed by atoms with Crippen LogP contribution in [-0.4, -0.2) is 23.5 Å². The van der Waals surface area contributed by atoms with Gasteiger partial charge in [0.15, 0.2) is 5.78 Å². The summed E-state index contributed by atoms with van der Waals surface area (Å²) in [6, 6.07) is 6.89. The molecule has 1 saturated heterocycles. The molecule has 1 fully saturated rings. The van der Waals surface area contributed by atoms with Crippen LogP contribution in [-0.2, 0) is 11.2 Å². The first-order valence-electron chi connectivity index (χ1n) is 6.30. The van der Waals surface area contributed by atoms with Gasteiger partial charge in [-0.15, -0.1) is 0 Å². The average molecular weight is 233 g/mol. The van der Waals surface area contributed by atoms with Crippen LogP contribution in [0.4, 0.5) is 0 Å². The number of phenols is 1. The highest BCUT2D eigenvalue weighted by molar-refractivity contribution is 5.86. The third-order valence-corrected chi connectivity index (χ3v) is 3.26. The zero-order valence-corrected chi connectivity index (χ0v) is 9.98. The topological polar surface area (TPSA) is 49.3 Å². The summed E-state index contributed by atoms with van der Waals surface area (Å²) >= 11 is 0. The quantitative estimate of drug-likeness (QED) is 0.840. The van der Waals surface area contributed by atoms with Crippen LogP contribution >= 0.6 is 0 Å². The minimum atomic E-state index is 0.0197. The first kappa shape index (κ1) is 12.1. The van der Waals surface area contributed by atoms with Gasteiger partial charge in [-0.3, -0.25) is 4.79 Å². The number of aromatic hydroxyl groups is 1. The summed E-state index contributed by atoms with van der Waals surface area (Å²) in [5.74, 6) is 0.506. The number of hydrogen-bond acceptors (Lipinski definition) is 3. The molecule has 1 aliphatic rings. The molecule has 1 aromatic carbocycles. The third-order valence-electron chi connectivity index (χ3n) is 3.26. The second kappa shape index (κ2) is 5.82. The fourth-order valence-electron chi connectivity index (χ4n) is 2.24. The van der Waals surface area contributed by atoms with E-state index in [0.29, 0.717) is 6.42 Å². The molecule has 0 radical (unpaired) electrons. The summed E-state index contributed by atoms with van der Waals surface area (Å²) in [5, 5.41) is 12.5. The van der Waals surface area contributed by atoms with Crippen LogP contribution in [0, 0.1) is 0 Å². The van der Waals surface area contributed by atoms with Crippen molar-refractivity contribution in [2.45, 2.75) is 38.1 Å². The summed E-state index contributed by atoms with van der Waals surface area (Å²) in [7, 11) is 0. The van der Waals surface area contributed by atoms with Crippen LogP contribution in [0.1, 0.15) is 31.2 Å². The second-order valence-corrected chi connectivity index (χ2v) is 4.67. The van der Waals surface area contributed by atoms with Gasteiger partial charge >= 0.3 is 0 Å². The van der Waals surface area contributed by atoms with Crippen LogP contribution in [0.5, 0.6) is 5.75 Å². The Morgan fingerprint density at radius 1 is 1.24 bits per heavy atom. The van der Waals surface area contributed by atoms with E-state index in [4.69, 9.17) is 0 Å². The molecule has 0 saturated carbocycles. The van der Waals surface area contributed by atoms with Crippen molar-refractivity contribution >= 4 is 5.78 Å². The lowest BCUT2D eigenvalue weighted by Gasteiger charge is -2.14. The molecule has 0 aliphatic carbocycles. The first-order valence-corrected chi connectivity index (χ1v) is 6.30. The fourth-order valence-corrected chi connectivity index (χ4v) is 2.24. The third kappa shape index (κ3) is 3.56. The summed E-state index contributed by atoms with van der Waals surface area (Å²) in [5.41, 5.74) is 0.971. The van der Waals surface area contributed by atoms with Gasteiger partial charge in [0.1, 0.15) is 5.75 Å². The van der Waals surface area contributed by atoms with Crippen molar-refractivity contribution in [3.05, 3.63) is 29.8 Å². The van der Waals surface area contributed by atoms with Crippen LogP contribution in [0.2, 0.25) is 0 Å². The van der Waals surface area contributed by atoms with Gasteiger partial charge in [-0.2, -0.15) is 0 Å². The van der Waals surface area contributed by atoms with E-state index >= 15 is 0 Å².